The van der Waals surface area contributed by atoms with Crippen molar-refractivity contribution in [2.45, 2.75) is 25.3 Å². The maximum absolute atomic E-state index is 12.4. The van der Waals surface area contributed by atoms with Gasteiger partial charge in [-0.3, -0.25) is 4.79 Å². The summed E-state index contributed by atoms with van der Waals surface area (Å²) < 4.78 is 0.902. The molecular formula is C15H18BrN3O. The molecule has 0 aliphatic carbocycles. The Hall–Kier alpha value is -1.38. The number of halogens is 1. The van der Waals surface area contributed by atoms with E-state index in [9.17, 15) is 10.1 Å². The molecule has 1 heterocycles. The Kier molecular flexibility index (Phi) is 4.46. The first kappa shape index (κ1) is 15.0. The van der Waals surface area contributed by atoms with Crippen molar-refractivity contribution in [1.29, 1.82) is 5.26 Å². The van der Waals surface area contributed by atoms with Crippen molar-refractivity contribution in [2.24, 2.45) is 0 Å². The molecule has 0 unspecified atom stereocenters. The number of nitriles is 1. The molecule has 1 aromatic rings. The summed E-state index contributed by atoms with van der Waals surface area (Å²) in [5.74, 6) is -0.171. The molecule has 1 N–H and O–H groups in total. The fourth-order valence-electron chi connectivity index (χ4n) is 2.40. The Morgan fingerprint density at radius 3 is 2.70 bits per heavy atom. The van der Waals surface area contributed by atoms with Crippen LogP contribution in [0.15, 0.2) is 22.7 Å². The second-order valence-corrected chi connectivity index (χ2v) is 6.22. The minimum atomic E-state index is -0.738. The van der Waals surface area contributed by atoms with E-state index in [-0.39, 0.29) is 5.91 Å². The van der Waals surface area contributed by atoms with Gasteiger partial charge in [0.05, 0.1) is 6.07 Å². The summed E-state index contributed by atoms with van der Waals surface area (Å²) in [7, 11) is 2.03. The number of carbonyl (C=O) groups excluding carboxylic acids is 1. The lowest BCUT2D eigenvalue weighted by Crippen LogP contribution is -2.53. The topological polar surface area (TPSA) is 56.1 Å². The van der Waals surface area contributed by atoms with Crippen LogP contribution in [-0.2, 0) is 0 Å². The van der Waals surface area contributed by atoms with Crippen LogP contribution in [0.2, 0.25) is 0 Å². The molecule has 1 fully saturated rings. The summed E-state index contributed by atoms with van der Waals surface area (Å²) in [6, 6.07) is 7.83. The van der Waals surface area contributed by atoms with Gasteiger partial charge >= 0.3 is 0 Å². The minimum Gasteiger partial charge on any atom is -0.334 e. The molecule has 1 aliphatic heterocycles. The molecule has 20 heavy (non-hydrogen) atoms. The molecule has 1 saturated heterocycles. The molecular weight excluding hydrogens is 318 g/mol. The zero-order valence-electron chi connectivity index (χ0n) is 11.7. The van der Waals surface area contributed by atoms with Crippen molar-refractivity contribution in [3.05, 3.63) is 33.8 Å². The molecule has 0 spiro atoms. The van der Waals surface area contributed by atoms with Gasteiger partial charge in [-0.25, -0.2) is 0 Å². The molecule has 106 valence electrons. The quantitative estimate of drug-likeness (QED) is 0.903. The third kappa shape index (κ3) is 3.02. The lowest BCUT2D eigenvalue weighted by atomic mass is 9.88. The van der Waals surface area contributed by atoms with Crippen molar-refractivity contribution in [2.75, 3.05) is 20.1 Å². The smallest absolute Gasteiger partial charge is 0.252 e. The highest BCUT2D eigenvalue weighted by atomic mass is 79.9. The molecule has 0 atom stereocenters. The van der Waals surface area contributed by atoms with Gasteiger partial charge in [-0.05, 0) is 44.5 Å². The molecule has 2 rings (SSSR count). The van der Waals surface area contributed by atoms with E-state index in [0.717, 1.165) is 23.1 Å². The van der Waals surface area contributed by atoms with Crippen molar-refractivity contribution >= 4 is 21.8 Å². The zero-order valence-corrected chi connectivity index (χ0v) is 13.3. The lowest BCUT2D eigenvalue weighted by Gasteiger charge is -2.36. The molecule has 0 aromatic heterocycles. The normalized spacial score (nSPS) is 18.3. The van der Waals surface area contributed by atoms with Gasteiger partial charge < -0.3 is 10.2 Å². The molecule has 0 bridgehead atoms. The Balaban J connectivity index is 2.18. The van der Waals surface area contributed by atoms with E-state index in [1.165, 1.54) is 0 Å². The molecule has 4 nitrogen and oxygen atoms in total. The number of piperidine rings is 1. The van der Waals surface area contributed by atoms with E-state index in [1.807, 2.05) is 26.1 Å². The Labute approximate surface area is 127 Å². The van der Waals surface area contributed by atoms with E-state index < -0.39 is 5.54 Å². The standard InChI is InChI=1S/C15H18BrN3O/c1-11-12(4-3-5-13(11)16)14(20)18-15(10-17)6-8-19(2)9-7-15/h3-5H,6-9H2,1-2H3,(H,18,20). The van der Waals surface area contributed by atoms with Crippen LogP contribution in [0, 0.1) is 18.3 Å². The summed E-state index contributed by atoms with van der Waals surface area (Å²) in [5.41, 5.74) is 0.775. The van der Waals surface area contributed by atoms with Crippen molar-refractivity contribution < 1.29 is 4.79 Å². The third-order valence-electron chi connectivity index (χ3n) is 3.92. The van der Waals surface area contributed by atoms with E-state index in [4.69, 9.17) is 0 Å². The number of nitrogens with zero attached hydrogens (tertiary/aromatic N) is 2. The summed E-state index contributed by atoms with van der Waals surface area (Å²) in [4.78, 5) is 14.6. The van der Waals surface area contributed by atoms with Gasteiger partial charge in [0.2, 0.25) is 0 Å². The fraction of sp³-hybridized carbons (Fsp3) is 0.467. The first-order valence-electron chi connectivity index (χ1n) is 6.65. The number of likely N-dealkylation sites (tertiary alicyclic amines) is 1. The Bertz CT molecular complexity index is 557. The maximum atomic E-state index is 12.4. The lowest BCUT2D eigenvalue weighted by molar-refractivity contribution is 0.0881. The summed E-state index contributed by atoms with van der Waals surface area (Å²) in [6.07, 6.45) is 1.33. The van der Waals surface area contributed by atoms with Gasteiger partial charge in [0, 0.05) is 23.1 Å². The monoisotopic (exact) mass is 335 g/mol. The fourth-order valence-corrected chi connectivity index (χ4v) is 2.77. The average molecular weight is 336 g/mol. The van der Waals surface area contributed by atoms with Crippen molar-refractivity contribution in [3.63, 3.8) is 0 Å². The molecule has 1 amide bonds. The Morgan fingerprint density at radius 2 is 2.10 bits per heavy atom. The second kappa shape index (κ2) is 5.94. The maximum Gasteiger partial charge on any atom is 0.252 e. The van der Waals surface area contributed by atoms with Crippen LogP contribution >= 0.6 is 15.9 Å². The third-order valence-corrected chi connectivity index (χ3v) is 4.78. The van der Waals surface area contributed by atoms with E-state index in [1.54, 1.807) is 6.07 Å². The van der Waals surface area contributed by atoms with Crippen LogP contribution < -0.4 is 5.32 Å². The van der Waals surface area contributed by atoms with Crippen LogP contribution in [0.3, 0.4) is 0 Å². The zero-order chi connectivity index (χ0) is 14.8. The van der Waals surface area contributed by atoms with Crippen LogP contribution in [0.1, 0.15) is 28.8 Å². The number of carbonyl (C=O) groups is 1. The number of rotatable bonds is 2. The van der Waals surface area contributed by atoms with Crippen molar-refractivity contribution in [1.82, 2.24) is 10.2 Å². The molecule has 0 radical (unpaired) electrons. The Morgan fingerprint density at radius 1 is 1.45 bits per heavy atom. The van der Waals surface area contributed by atoms with Gasteiger partial charge in [0.25, 0.3) is 5.91 Å². The van der Waals surface area contributed by atoms with Crippen molar-refractivity contribution in [3.8, 4) is 6.07 Å². The summed E-state index contributed by atoms with van der Waals surface area (Å²) in [6.45, 7) is 3.54. The van der Waals surface area contributed by atoms with Crippen LogP contribution in [0.5, 0.6) is 0 Å². The molecule has 0 saturated carbocycles. The van der Waals surface area contributed by atoms with E-state index in [2.05, 4.69) is 32.2 Å². The highest BCUT2D eigenvalue weighted by Crippen LogP contribution is 2.23. The number of hydrogen-bond acceptors (Lipinski definition) is 3. The molecule has 1 aromatic carbocycles. The highest BCUT2D eigenvalue weighted by molar-refractivity contribution is 9.10. The molecule has 5 heteroatoms. The summed E-state index contributed by atoms with van der Waals surface area (Å²) in [5, 5.41) is 12.4. The number of amides is 1. The van der Waals surface area contributed by atoms with Gasteiger partial charge in [0.15, 0.2) is 0 Å². The van der Waals surface area contributed by atoms with Gasteiger partial charge in [-0.15, -0.1) is 0 Å². The summed E-state index contributed by atoms with van der Waals surface area (Å²) >= 11 is 3.43. The largest absolute Gasteiger partial charge is 0.334 e. The molecule has 1 aliphatic rings. The predicted molar refractivity (Wildman–Crippen MR) is 81.4 cm³/mol. The first-order chi connectivity index (χ1) is 9.47. The number of hydrogen-bond donors (Lipinski definition) is 1. The first-order valence-corrected chi connectivity index (χ1v) is 7.44. The van der Waals surface area contributed by atoms with Gasteiger partial charge in [-0.2, -0.15) is 5.26 Å². The van der Waals surface area contributed by atoms with Gasteiger partial charge in [-0.1, -0.05) is 22.0 Å². The van der Waals surface area contributed by atoms with Gasteiger partial charge in [0.1, 0.15) is 5.54 Å². The number of nitrogens with one attached hydrogen (secondary N) is 1. The van der Waals surface area contributed by atoms with Crippen LogP contribution in [0.4, 0.5) is 0 Å². The van der Waals surface area contributed by atoms with E-state index >= 15 is 0 Å². The highest BCUT2D eigenvalue weighted by Gasteiger charge is 2.35. The van der Waals surface area contributed by atoms with E-state index in [0.29, 0.717) is 18.4 Å². The SMILES string of the molecule is Cc1c(Br)cccc1C(=O)NC1(C#N)CCN(C)CC1. The predicted octanol–water partition coefficient (Wildman–Crippen LogP) is 2.48. The second-order valence-electron chi connectivity index (χ2n) is 5.36. The average Bonchev–Trinajstić information content (AvgIpc) is 2.44. The minimum absolute atomic E-state index is 0.171. The number of benzene rings is 1. The van der Waals surface area contributed by atoms with Crippen LogP contribution in [-0.4, -0.2) is 36.5 Å². The van der Waals surface area contributed by atoms with Crippen LogP contribution in [0.25, 0.3) is 0 Å².